The second-order valence-corrected chi connectivity index (χ2v) is 5.44. The van der Waals surface area contributed by atoms with Crippen molar-refractivity contribution in [1.82, 2.24) is 9.97 Å². The van der Waals surface area contributed by atoms with Gasteiger partial charge in [0.2, 0.25) is 5.95 Å². The molecule has 0 saturated carbocycles. The summed E-state index contributed by atoms with van der Waals surface area (Å²) in [5.41, 5.74) is 2.93. The third kappa shape index (κ3) is 4.04. The van der Waals surface area contributed by atoms with Crippen molar-refractivity contribution in [2.45, 2.75) is 40.2 Å². The lowest BCUT2D eigenvalue weighted by molar-refractivity contribution is 0.102. The fourth-order valence-electron chi connectivity index (χ4n) is 1.97. The number of benzene rings is 1. The molecule has 0 bridgehead atoms. The van der Waals surface area contributed by atoms with Gasteiger partial charge in [-0.25, -0.2) is 9.97 Å². The van der Waals surface area contributed by atoms with Gasteiger partial charge in [-0.3, -0.25) is 4.79 Å². The molecular formula is C17H22N4O. The number of carbonyl (C=O) groups is 1. The monoisotopic (exact) mass is 298 g/mol. The van der Waals surface area contributed by atoms with Gasteiger partial charge in [0.15, 0.2) is 0 Å². The highest BCUT2D eigenvalue weighted by atomic mass is 16.1. The van der Waals surface area contributed by atoms with Crippen molar-refractivity contribution in [3.05, 3.63) is 47.3 Å². The van der Waals surface area contributed by atoms with Crippen LogP contribution in [0.2, 0.25) is 0 Å². The van der Waals surface area contributed by atoms with Crippen LogP contribution in [0.1, 0.15) is 42.0 Å². The van der Waals surface area contributed by atoms with E-state index < -0.39 is 0 Å². The molecule has 2 N–H and O–H groups in total. The number of aryl methyl sites for hydroxylation is 2. The van der Waals surface area contributed by atoms with Crippen LogP contribution in [-0.2, 0) is 0 Å². The van der Waals surface area contributed by atoms with Crippen LogP contribution < -0.4 is 10.6 Å². The average molecular weight is 298 g/mol. The minimum Gasteiger partial charge on any atom is -0.352 e. The number of nitrogens with one attached hydrogen (secondary N) is 2. The molecule has 1 atom stereocenters. The molecule has 22 heavy (non-hydrogen) atoms. The first-order chi connectivity index (χ1) is 10.5. The van der Waals surface area contributed by atoms with Crippen LogP contribution >= 0.6 is 0 Å². The third-order valence-corrected chi connectivity index (χ3v) is 3.47. The molecule has 1 amide bonds. The Morgan fingerprint density at radius 1 is 1.23 bits per heavy atom. The summed E-state index contributed by atoms with van der Waals surface area (Å²) in [6.07, 6.45) is 0.960. The van der Waals surface area contributed by atoms with Crippen LogP contribution in [-0.4, -0.2) is 21.9 Å². The number of rotatable bonds is 5. The first kappa shape index (κ1) is 15.9. The van der Waals surface area contributed by atoms with E-state index in [0.717, 1.165) is 23.4 Å². The first-order valence-corrected chi connectivity index (χ1v) is 7.48. The molecule has 2 aromatic rings. The van der Waals surface area contributed by atoms with Crippen LogP contribution in [0.3, 0.4) is 0 Å². The first-order valence-electron chi connectivity index (χ1n) is 7.48. The second kappa shape index (κ2) is 7.02. The Morgan fingerprint density at radius 3 is 2.64 bits per heavy atom. The molecule has 1 heterocycles. The SMILES string of the molecule is CCC(C)Nc1nc(C)cc(C(=O)Nc2ccccc2C)n1. The molecule has 0 spiro atoms. The van der Waals surface area contributed by atoms with Crippen molar-refractivity contribution in [3.8, 4) is 0 Å². The normalized spacial score (nSPS) is 11.8. The Hall–Kier alpha value is -2.43. The molecule has 0 radical (unpaired) electrons. The fraction of sp³-hybridized carbons (Fsp3) is 0.353. The molecule has 0 aliphatic rings. The summed E-state index contributed by atoms with van der Waals surface area (Å²) in [6.45, 7) is 7.95. The van der Waals surface area contributed by atoms with Gasteiger partial charge in [0.25, 0.3) is 5.91 Å². The number of hydrogen-bond acceptors (Lipinski definition) is 4. The molecule has 0 fully saturated rings. The van der Waals surface area contributed by atoms with E-state index in [1.54, 1.807) is 6.07 Å². The molecular weight excluding hydrogens is 276 g/mol. The van der Waals surface area contributed by atoms with E-state index in [-0.39, 0.29) is 11.9 Å². The molecule has 1 aromatic carbocycles. The quantitative estimate of drug-likeness (QED) is 0.885. The Bertz CT molecular complexity index is 669. The van der Waals surface area contributed by atoms with E-state index in [0.29, 0.717) is 11.6 Å². The van der Waals surface area contributed by atoms with Crippen LogP contribution in [0.25, 0.3) is 0 Å². The van der Waals surface area contributed by atoms with Crippen molar-refractivity contribution < 1.29 is 4.79 Å². The number of anilines is 2. The molecule has 5 nitrogen and oxygen atoms in total. The third-order valence-electron chi connectivity index (χ3n) is 3.47. The van der Waals surface area contributed by atoms with E-state index >= 15 is 0 Å². The molecule has 0 saturated heterocycles. The zero-order valence-corrected chi connectivity index (χ0v) is 13.5. The smallest absolute Gasteiger partial charge is 0.274 e. The average Bonchev–Trinajstić information content (AvgIpc) is 2.48. The number of para-hydroxylation sites is 1. The van der Waals surface area contributed by atoms with Gasteiger partial charge in [0.1, 0.15) is 5.69 Å². The number of hydrogen-bond donors (Lipinski definition) is 2. The Morgan fingerprint density at radius 2 is 1.95 bits per heavy atom. The number of amides is 1. The zero-order valence-electron chi connectivity index (χ0n) is 13.5. The molecule has 0 aliphatic carbocycles. The summed E-state index contributed by atoms with van der Waals surface area (Å²) in [5.74, 6) is 0.260. The zero-order chi connectivity index (χ0) is 16.1. The number of aromatic nitrogens is 2. The van der Waals surface area contributed by atoms with Crippen molar-refractivity contribution in [1.29, 1.82) is 0 Å². The standard InChI is InChI=1S/C17H22N4O/c1-5-12(3)18-17-19-13(4)10-15(21-17)16(22)20-14-9-7-6-8-11(14)2/h6-10,12H,5H2,1-4H3,(H,20,22)(H,18,19,21). The highest BCUT2D eigenvalue weighted by Crippen LogP contribution is 2.15. The topological polar surface area (TPSA) is 66.9 Å². The Kier molecular flexibility index (Phi) is 5.09. The maximum absolute atomic E-state index is 12.4. The van der Waals surface area contributed by atoms with Crippen LogP contribution in [0.15, 0.2) is 30.3 Å². The van der Waals surface area contributed by atoms with E-state index in [4.69, 9.17) is 0 Å². The summed E-state index contributed by atoms with van der Waals surface area (Å²) in [6, 6.07) is 9.61. The summed E-state index contributed by atoms with van der Waals surface area (Å²) >= 11 is 0. The van der Waals surface area contributed by atoms with Crippen molar-refractivity contribution in [2.75, 3.05) is 10.6 Å². The van der Waals surface area contributed by atoms with Crippen molar-refractivity contribution >= 4 is 17.5 Å². The maximum atomic E-state index is 12.4. The van der Waals surface area contributed by atoms with Gasteiger partial charge in [0, 0.05) is 17.4 Å². The maximum Gasteiger partial charge on any atom is 0.274 e. The van der Waals surface area contributed by atoms with Gasteiger partial charge < -0.3 is 10.6 Å². The summed E-state index contributed by atoms with van der Waals surface area (Å²) in [7, 11) is 0. The lowest BCUT2D eigenvalue weighted by Crippen LogP contribution is -2.19. The highest BCUT2D eigenvalue weighted by Gasteiger charge is 2.12. The summed E-state index contributed by atoms with van der Waals surface area (Å²) in [5, 5.41) is 6.09. The largest absolute Gasteiger partial charge is 0.352 e. The lowest BCUT2D eigenvalue weighted by Gasteiger charge is -2.13. The predicted octanol–water partition coefficient (Wildman–Crippen LogP) is 3.56. The van der Waals surface area contributed by atoms with Gasteiger partial charge in [-0.15, -0.1) is 0 Å². The Labute approximate surface area is 131 Å². The van der Waals surface area contributed by atoms with Gasteiger partial charge in [0.05, 0.1) is 0 Å². The van der Waals surface area contributed by atoms with E-state index in [2.05, 4.69) is 34.4 Å². The van der Waals surface area contributed by atoms with Gasteiger partial charge in [-0.2, -0.15) is 0 Å². The summed E-state index contributed by atoms with van der Waals surface area (Å²) < 4.78 is 0. The van der Waals surface area contributed by atoms with Crippen LogP contribution in [0, 0.1) is 13.8 Å². The van der Waals surface area contributed by atoms with Crippen LogP contribution in [0.4, 0.5) is 11.6 Å². The molecule has 2 rings (SSSR count). The molecule has 1 unspecified atom stereocenters. The van der Waals surface area contributed by atoms with Crippen LogP contribution in [0.5, 0.6) is 0 Å². The number of nitrogens with zero attached hydrogens (tertiary/aromatic N) is 2. The van der Waals surface area contributed by atoms with Crippen molar-refractivity contribution in [3.63, 3.8) is 0 Å². The van der Waals surface area contributed by atoms with Gasteiger partial charge >= 0.3 is 0 Å². The van der Waals surface area contributed by atoms with Crippen molar-refractivity contribution in [2.24, 2.45) is 0 Å². The molecule has 116 valence electrons. The minimum atomic E-state index is -0.230. The van der Waals surface area contributed by atoms with E-state index in [9.17, 15) is 4.79 Å². The predicted molar refractivity (Wildman–Crippen MR) is 89.3 cm³/mol. The van der Waals surface area contributed by atoms with E-state index in [1.807, 2.05) is 38.1 Å². The number of carbonyl (C=O) groups excluding carboxylic acids is 1. The van der Waals surface area contributed by atoms with Gasteiger partial charge in [-0.05, 0) is 44.9 Å². The second-order valence-electron chi connectivity index (χ2n) is 5.44. The van der Waals surface area contributed by atoms with E-state index in [1.165, 1.54) is 0 Å². The highest BCUT2D eigenvalue weighted by molar-refractivity contribution is 6.03. The Balaban J connectivity index is 2.21. The summed E-state index contributed by atoms with van der Waals surface area (Å²) in [4.78, 5) is 21.0. The molecule has 1 aromatic heterocycles. The lowest BCUT2D eigenvalue weighted by atomic mass is 10.2. The minimum absolute atomic E-state index is 0.230. The molecule has 5 heteroatoms. The fourth-order valence-corrected chi connectivity index (χ4v) is 1.97. The van der Waals surface area contributed by atoms with Gasteiger partial charge in [-0.1, -0.05) is 25.1 Å². The molecule has 0 aliphatic heterocycles.